The minimum Gasteiger partial charge on any atom is -0.497 e. The van der Waals surface area contributed by atoms with E-state index in [9.17, 15) is 33.1 Å². The average Bonchev–Trinajstić information content (AvgIpc) is 2.94. The Morgan fingerprint density at radius 1 is 1.19 bits per heavy atom. The number of aliphatic carboxylic acids is 1. The Bertz CT molecular complexity index is 1740. The lowest BCUT2D eigenvalue weighted by molar-refractivity contribution is -0.142. The molecule has 0 bridgehead atoms. The summed E-state index contributed by atoms with van der Waals surface area (Å²) in [5, 5.41) is 20.2. The van der Waals surface area contributed by atoms with Crippen LogP contribution in [-0.4, -0.2) is 32.7 Å². The van der Waals surface area contributed by atoms with Crippen molar-refractivity contribution in [2.24, 2.45) is 0 Å². The number of aromatic nitrogens is 2. The molecular weight excluding hydrogens is 591 g/mol. The summed E-state index contributed by atoms with van der Waals surface area (Å²) in [7, 11) is 1.54. The summed E-state index contributed by atoms with van der Waals surface area (Å²) >= 11 is 5.95. The van der Waals surface area contributed by atoms with Crippen LogP contribution in [0, 0.1) is 11.3 Å². The van der Waals surface area contributed by atoms with E-state index in [1.165, 1.54) is 26.2 Å². The molecule has 1 aliphatic heterocycles. The van der Waals surface area contributed by atoms with E-state index in [-0.39, 0.29) is 28.5 Å². The first-order valence-corrected chi connectivity index (χ1v) is 12.8. The maximum Gasteiger partial charge on any atom is 0.437 e. The predicted octanol–water partition coefficient (Wildman–Crippen LogP) is 5.41. The number of nitriles is 1. The highest BCUT2D eigenvalue weighted by atomic mass is 35.5. The molecule has 1 aliphatic rings. The lowest BCUT2D eigenvalue weighted by Gasteiger charge is -2.29. The van der Waals surface area contributed by atoms with Gasteiger partial charge in [-0.2, -0.15) is 18.4 Å². The summed E-state index contributed by atoms with van der Waals surface area (Å²) in [5.41, 5.74) is 2.06. The molecule has 0 unspecified atom stereocenters. The number of nitrogens with one attached hydrogen (secondary N) is 1. The Kier molecular flexibility index (Phi) is 9.11. The van der Waals surface area contributed by atoms with Gasteiger partial charge in [-0.15, -0.1) is 0 Å². The van der Waals surface area contributed by atoms with Crippen LogP contribution < -0.4 is 20.5 Å². The second kappa shape index (κ2) is 12.7. The van der Waals surface area contributed by atoms with Gasteiger partial charge in [-0.05, 0) is 60.5 Å². The highest BCUT2D eigenvalue weighted by Gasteiger charge is 2.39. The third kappa shape index (κ3) is 7.75. The molecule has 0 saturated carbocycles. The number of carbonyl (C=O) groups is 1. The quantitative estimate of drug-likeness (QED) is 0.304. The Morgan fingerprint density at radius 2 is 1.91 bits per heavy atom. The smallest absolute Gasteiger partial charge is 0.437 e. The fourth-order valence-corrected chi connectivity index (χ4v) is 4.24. The van der Waals surface area contributed by atoms with Crippen molar-refractivity contribution in [2.45, 2.75) is 26.2 Å². The second-order valence-electron chi connectivity index (χ2n) is 9.26. The van der Waals surface area contributed by atoms with E-state index in [2.05, 4.69) is 10.4 Å². The Morgan fingerprint density at radius 3 is 2.53 bits per heavy atom. The molecule has 0 fully saturated rings. The lowest BCUT2D eigenvalue weighted by Crippen LogP contribution is -2.38. The molecule has 0 saturated heterocycles. The van der Waals surface area contributed by atoms with Gasteiger partial charge in [-0.3, -0.25) is 14.4 Å². The first-order chi connectivity index (χ1) is 20.4. The molecule has 4 rings (SSSR count). The molecule has 2 heterocycles. The van der Waals surface area contributed by atoms with E-state index in [4.69, 9.17) is 21.1 Å². The number of hydrogen-bond donors (Lipinski definition) is 2. The van der Waals surface area contributed by atoms with Crippen LogP contribution in [0.4, 0.5) is 13.2 Å². The standard InChI is InChI=1S/C29H23ClF3N5O5/c1-17(28(40)41)7-20-9-22(36-38(14-20)13-18-3-5-23(42-2)6-4-18)15-37-16-35-26(29(31,32)33)25(27(37)39)43-24-10-19(12-34)8-21(30)11-24/h3-11,14,16,36H,13,15H2,1-2H3,(H,40,41). The zero-order valence-electron chi connectivity index (χ0n) is 22.6. The molecule has 2 N–H and O–H groups in total. The van der Waals surface area contributed by atoms with E-state index >= 15 is 0 Å². The van der Waals surface area contributed by atoms with Crippen LogP contribution in [-0.2, 0) is 24.1 Å². The van der Waals surface area contributed by atoms with Gasteiger partial charge >= 0.3 is 12.1 Å². The van der Waals surface area contributed by atoms with Gasteiger partial charge in [0.15, 0.2) is 5.69 Å². The molecule has 10 nitrogen and oxygen atoms in total. The maximum absolute atomic E-state index is 13.8. The summed E-state index contributed by atoms with van der Waals surface area (Å²) in [4.78, 5) is 28.3. The molecule has 2 aromatic carbocycles. The van der Waals surface area contributed by atoms with E-state index in [0.717, 1.165) is 28.6 Å². The third-order valence-corrected chi connectivity index (χ3v) is 6.21. The number of methoxy groups -OCH3 is 1. The molecule has 14 heteroatoms. The van der Waals surface area contributed by atoms with Crippen LogP contribution in [0.1, 0.15) is 23.7 Å². The number of alkyl halides is 3. The first-order valence-electron chi connectivity index (χ1n) is 12.4. The van der Waals surface area contributed by atoms with E-state index < -0.39 is 29.1 Å². The number of hydrogen-bond acceptors (Lipinski definition) is 8. The highest BCUT2D eigenvalue weighted by molar-refractivity contribution is 6.30. The minimum absolute atomic E-state index is 0.0119. The van der Waals surface area contributed by atoms with Gasteiger partial charge in [-0.25, -0.2) is 9.78 Å². The summed E-state index contributed by atoms with van der Waals surface area (Å²) in [6.45, 7) is 1.43. The fourth-order valence-electron chi connectivity index (χ4n) is 4.02. The molecule has 0 amide bonds. The van der Waals surface area contributed by atoms with Gasteiger partial charge in [0.2, 0.25) is 5.75 Å². The number of benzene rings is 2. The number of carboxylic acid groups (broad SMARTS) is 1. The second-order valence-corrected chi connectivity index (χ2v) is 9.70. The molecule has 222 valence electrons. The number of rotatable bonds is 9. The molecular formula is C29H23ClF3N5O5. The summed E-state index contributed by atoms with van der Waals surface area (Å²) in [6.07, 6.45) is 0.324. The molecule has 0 spiro atoms. The number of allylic oxidation sites excluding steroid dienone is 4. The van der Waals surface area contributed by atoms with E-state index in [1.54, 1.807) is 29.4 Å². The lowest BCUT2D eigenvalue weighted by atomic mass is 10.1. The van der Waals surface area contributed by atoms with Crippen LogP contribution >= 0.6 is 11.6 Å². The SMILES string of the molecule is COc1ccc(CN2C=C(C=C(C)C(=O)O)C=C(Cn3cnc(C(F)(F)F)c(Oc4cc(Cl)cc(C#N)c4)c3=O)N2)cc1. The zero-order chi connectivity index (χ0) is 31.3. The van der Waals surface area contributed by atoms with Crippen LogP contribution in [0.5, 0.6) is 17.2 Å². The van der Waals surface area contributed by atoms with Crippen LogP contribution in [0.2, 0.25) is 5.02 Å². The maximum atomic E-state index is 13.8. The van der Waals surface area contributed by atoms with Gasteiger partial charge in [0.1, 0.15) is 11.5 Å². The van der Waals surface area contributed by atoms with Crippen LogP contribution in [0.15, 0.2) is 88.8 Å². The van der Waals surface area contributed by atoms with E-state index in [1.807, 2.05) is 18.2 Å². The predicted molar refractivity (Wildman–Crippen MR) is 149 cm³/mol. The van der Waals surface area contributed by atoms with Crippen molar-refractivity contribution in [1.29, 1.82) is 5.26 Å². The summed E-state index contributed by atoms with van der Waals surface area (Å²) in [6, 6.07) is 12.6. The van der Waals surface area contributed by atoms with Crippen molar-refractivity contribution in [3.63, 3.8) is 0 Å². The van der Waals surface area contributed by atoms with Gasteiger partial charge in [-0.1, -0.05) is 23.7 Å². The average molecular weight is 614 g/mol. The number of hydrazine groups is 1. The van der Waals surface area contributed by atoms with Crippen molar-refractivity contribution in [1.82, 2.24) is 20.0 Å². The van der Waals surface area contributed by atoms with Gasteiger partial charge < -0.3 is 20.0 Å². The normalized spacial score (nSPS) is 13.4. The zero-order valence-corrected chi connectivity index (χ0v) is 23.4. The van der Waals surface area contributed by atoms with Gasteiger partial charge in [0.25, 0.3) is 5.56 Å². The topological polar surface area (TPSA) is 130 Å². The van der Waals surface area contributed by atoms with Gasteiger partial charge in [0, 0.05) is 16.8 Å². The molecule has 0 atom stereocenters. The van der Waals surface area contributed by atoms with Crippen molar-refractivity contribution in [3.8, 4) is 23.3 Å². The van der Waals surface area contributed by atoms with Crippen molar-refractivity contribution < 1.29 is 32.5 Å². The van der Waals surface area contributed by atoms with Crippen molar-refractivity contribution in [3.05, 3.63) is 116 Å². The van der Waals surface area contributed by atoms with Crippen molar-refractivity contribution >= 4 is 17.6 Å². The molecule has 0 aliphatic carbocycles. The van der Waals surface area contributed by atoms with Gasteiger partial charge in [0.05, 0.1) is 43.9 Å². The van der Waals surface area contributed by atoms with Crippen LogP contribution in [0.3, 0.4) is 0 Å². The highest BCUT2D eigenvalue weighted by Crippen LogP contribution is 2.35. The molecule has 1 aromatic heterocycles. The number of nitrogens with zero attached hydrogens (tertiary/aromatic N) is 4. The largest absolute Gasteiger partial charge is 0.497 e. The summed E-state index contributed by atoms with van der Waals surface area (Å²) < 4.78 is 52.9. The molecule has 3 aromatic rings. The number of halogens is 4. The third-order valence-electron chi connectivity index (χ3n) is 5.99. The monoisotopic (exact) mass is 613 g/mol. The first kappa shape index (κ1) is 30.7. The number of carboxylic acids is 1. The number of ether oxygens (including phenoxy) is 2. The summed E-state index contributed by atoms with van der Waals surface area (Å²) in [5.74, 6) is -1.85. The Labute approximate surface area is 248 Å². The molecule has 0 radical (unpaired) electrons. The fraction of sp³-hybridized carbons (Fsp3) is 0.172. The van der Waals surface area contributed by atoms with Crippen LogP contribution in [0.25, 0.3) is 0 Å². The molecule has 43 heavy (non-hydrogen) atoms. The van der Waals surface area contributed by atoms with E-state index in [0.29, 0.717) is 23.6 Å². The van der Waals surface area contributed by atoms with Crippen molar-refractivity contribution in [2.75, 3.05) is 7.11 Å². The Balaban J connectivity index is 1.70. The Hall–Kier alpha value is -5.22. The minimum atomic E-state index is -5.03.